The zero-order chi connectivity index (χ0) is 14.6. The van der Waals surface area contributed by atoms with Crippen molar-refractivity contribution in [2.75, 3.05) is 13.2 Å². The van der Waals surface area contributed by atoms with E-state index in [1.807, 2.05) is 0 Å². The van der Waals surface area contributed by atoms with Gasteiger partial charge in [0, 0.05) is 6.42 Å². The van der Waals surface area contributed by atoms with Crippen LogP contribution in [0.4, 0.5) is 18.0 Å². The van der Waals surface area contributed by atoms with Crippen LogP contribution in [0.3, 0.4) is 0 Å². The number of carbonyl (C=O) groups excluding carboxylic acids is 1. The van der Waals surface area contributed by atoms with Gasteiger partial charge in [0.2, 0.25) is 0 Å². The van der Waals surface area contributed by atoms with Gasteiger partial charge >= 0.3 is 18.4 Å². The Labute approximate surface area is 106 Å². The fourth-order valence-corrected chi connectivity index (χ4v) is 1.72. The van der Waals surface area contributed by atoms with Gasteiger partial charge in [-0.05, 0) is 0 Å². The molecule has 0 bridgehead atoms. The minimum absolute atomic E-state index is 0.160. The Hall–Kier alpha value is -1.77. The van der Waals surface area contributed by atoms with E-state index in [9.17, 15) is 22.8 Å². The molecule has 0 spiro atoms. The lowest BCUT2D eigenvalue weighted by Crippen LogP contribution is -2.41. The number of hydrogen-bond donors (Lipinski definition) is 1. The van der Waals surface area contributed by atoms with E-state index in [1.165, 1.54) is 6.08 Å². The van der Waals surface area contributed by atoms with Crippen LogP contribution in [0.15, 0.2) is 12.7 Å². The largest absolute Gasteiger partial charge is 0.522 e. The summed E-state index contributed by atoms with van der Waals surface area (Å²) in [5, 5.41) is 8.87. The smallest absolute Gasteiger partial charge is 0.480 e. The van der Waals surface area contributed by atoms with Gasteiger partial charge in [0.05, 0.1) is 12.6 Å². The average molecular weight is 283 g/mol. The molecular formula is C10H12F3NO5. The highest BCUT2D eigenvalue weighted by Gasteiger charge is 2.45. The molecule has 1 saturated heterocycles. The summed E-state index contributed by atoms with van der Waals surface area (Å²) in [6.07, 6.45) is -6.50. The first-order chi connectivity index (χ1) is 8.74. The Bertz CT molecular complexity index is 371. The minimum atomic E-state index is -4.88. The average Bonchev–Trinajstić information content (AvgIpc) is 2.67. The van der Waals surface area contributed by atoms with E-state index in [1.54, 1.807) is 0 Å². The highest BCUT2D eigenvalue weighted by Crippen LogP contribution is 2.27. The predicted molar refractivity (Wildman–Crippen MR) is 55.2 cm³/mol. The molecule has 108 valence electrons. The van der Waals surface area contributed by atoms with E-state index in [2.05, 4.69) is 16.1 Å². The molecule has 6 nitrogen and oxygen atoms in total. The second-order valence-electron chi connectivity index (χ2n) is 3.79. The van der Waals surface area contributed by atoms with Gasteiger partial charge in [-0.1, -0.05) is 12.7 Å². The minimum Gasteiger partial charge on any atom is -0.480 e. The van der Waals surface area contributed by atoms with Gasteiger partial charge in [0.25, 0.3) is 0 Å². The molecule has 0 saturated carbocycles. The van der Waals surface area contributed by atoms with Crippen LogP contribution in [-0.4, -0.2) is 53.7 Å². The normalized spacial score (nSPS) is 23.2. The van der Waals surface area contributed by atoms with E-state index in [-0.39, 0.29) is 6.61 Å². The number of carbonyl (C=O) groups is 2. The topological polar surface area (TPSA) is 76.1 Å². The molecule has 9 heteroatoms. The van der Waals surface area contributed by atoms with Crippen LogP contribution in [0.5, 0.6) is 0 Å². The van der Waals surface area contributed by atoms with Crippen LogP contribution in [0, 0.1) is 0 Å². The lowest BCUT2D eigenvalue weighted by Gasteiger charge is -2.20. The molecule has 0 aromatic heterocycles. The molecule has 1 heterocycles. The van der Waals surface area contributed by atoms with E-state index < -0.39 is 43.5 Å². The lowest BCUT2D eigenvalue weighted by atomic mass is 10.2. The molecule has 0 unspecified atom stereocenters. The van der Waals surface area contributed by atoms with Gasteiger partial charge < -0.3 is 9.84 Å². The van der Waals surface area contributed by atoms with Crippen molar-refractivity contribution in [1.82, 2.24) is 4.90 Å². The summed E-state index contributed by atoms with van der Waals surface area (Å²) in [5.41, 5.74) is 0. The zero-order valence-electron chi connectivity index (χ0n) is 9.72. The molecule has 0 aromatic rings. The number of rotatable bonds is 4. The first kappa shape index (κ1) is 15.3. The van der Waals surface area contributed by atoms with E-state index in [4.69, 9.17) is 5.11 Å². The molecular weight excluding hydrogens is 271 g/mol. The predicted octanol–water partition coefficient (Wildman–Crippen LogP) is 1.37. The van der Waals surface area contributed by atoms with Gasteiger partial charge in [-0.25, -0.2) is 9.59 Å². The van der Waals surface area contributed by atoms with Crippen molar-refractivity contribution >= 4 is 12.1 Å². The van der Waals surface area contributed by atoms with Crippen LogP contribution in [0.2, 0.25) is 0 Å². The second kappa shape index (κ2) is 5.91. The molecule has 0 aliphatic carbocycles. The van der Waals surface area contributed by atoms with E-state index in [0.717, 1.165) is 0 Å². The number of carboxylic acids is 1. The Morgan fingerprint density at radius 2 is 2.11 bits per heavy atom. The number of aliphatic carboxylic acids is 1. The Morgan fingerprint density at radius 1 is 1.47 bits per heavy atom. The Balaban J connectivity index is 2.70. The van der Waals surface area contributed by atoms with E-state index >= 15 is 0 Å². The summed E-state index contributed by atoms with van der Waals surface area (Å²) in [4.78, 5) is 23.1. The highest BCUT2D eigenvalue weighted by atomic mass is 19.4. The van der Waals surface area contributed by atoms with Crippen LogP contribution in [0.1, 0.15) is 6.42 Å². The van der Waals surface area contributed by atoms with Crippen molar-refractivity contribution in [3.63, 3.8) is 0 Å². The monoisotopic (exact) mass is 283 g/mol. The third kappa shape index (κ3) is 4.43. The molecule has 1 fully saturated rings. The van der Waals surface area contributed by atoms with Crippen molar-refractivity contribution in [3.8, 4) is 0 Å². The summed E-state index contributed by atoms with van der Waals surface area (Å²) in [6.45, 7) is 2.64. The Morgan fingerprint density at radius 3 is 2.58 bits per heavy atom. The van der Waals surface area contributed by atoms with Gasteiger partial charge in [0.1, 0.15) is 12.6 Å². The fraction of sp³-hybridized carbons (Fsp3) is 0.600. The molecule has 19 heavy (non-hydrogen) atoms. The molecule has 2 atom stereocenters. The maximum atomic E-state index is 12.0. The van der Waals surface area contributed by atoms with E-state index in [0.29, 0.717) is 4.90 Å². The van der Waals surface area contributed by atoms with Crippen LogP contribution < -0.4 is 0 Å². The van der Waals surface area contributed by atoms with Crippen molar-refractivity contribution in [2.45, 2.75) is 24.9 Å². The summed E-state index contributed by atoms with van der Waals surface area (Å²) in [5.74, 6) is -1.41. The third-order valence-corrected chi connectivity index (χ3v) is 2.41. The lowest BCUT2D eigenvalue weighted by molar-refractivity contribution is -0.340. The molecule has 1 aliphatic rings. The number of ether oxygens (including phenoxy) is 2. The number of hydrogen-bond acceptors (Lipinski definition) is 4. The number of carboxylic acid groups (broad SMARTS) is 1. The molecule has 1 N–H and O–H groups in total. The van der Waals surface area contributed by atoms with Gasteiger partial charge in [-0.2, -0.15) is 0 Å². The van der Waals surface area contributed by atoms with Crippen molar-refractivity contribution in [1.29, 1.82) is 0 Å². The van der Waals surface area contributed by atoms with Crippen LogP contribution >= 0.6 is 0 Å². The van der Waals surface area contributed by atoms with Crippen LogP contribution in [-0.2, 0) is 14.3 Å². The third-order valence-electron chi connectivity index (χ3n) is 2.41. The Kier molecular flexibility index (Phi) is 4.76. The molecule has 1 amide bonds. The SMILES string of the molecule is C=CCOC(=O)N1C[C@H](OC(F)(F)F)C[C@H]1C(=O)O. The maximum Gasteiger partial charge on any atom is 0.522 e. The molecule has 1 aliphatic heterocycles. The zero-order valence-corrected chi connectivity index (χ0v) is 9.72. The second-order valence-corrected chi connectivity index (χ2v) is 3.79. The first-order valence-corrected chi connectivity index (χ1v) is 5.26. The summed E-state index contributed by atoms with van der Waals surface area (Å²) in [6, 6.07) is -1.40. The highest BCUT2D eigenvalue weighted by molar-refractivity contribution is 5.80. The standard InChI is InChI=1S/C10H12F3NO5/c1-2-3-18-9(17)14-5-6(19-10(11,12)13)4-7(14)8(15)16/h2,6-7H,1,3-5H2,(H,15,16)/t6-,7+/m1/s1. The van der Waals surface area contributed by atoms with Crippen molar-refractivity contribution in [2.24, 2.45) is 0 Å². The van der Waals surface area contributed by atoms with Crippen molar-refractivity contribution < 1.29 is 37.3 Å². The molecule has 0 aromatic carbocycles. The van der Waals surface area contributed by atoms with Gasteiger partial charge in [-0.15, -0.1) is 13.2 Å². The number of halogens is 3. The fourth-order valence-electron chi connectivity index (χ4n) is 1.72. The number of amides is 1. The first-order valence-electron chi connectivity index (χ1n) is 5.26. The summed E-state index contributed by atoms with van der Waals surface area (Å²) < 4.78 is 44.5. The van der Waals surface area contributed by atoms with Crippen molar-refractivity contribution in [3.05, 3.63) is 12.7 Å². The number of likely N-dealkylation sites (tertiary alicyclic amines) is 1. The van der Waals surface area contributed by atoms with Gasteiger partial charge in [-0.3, -0.25) is 9.64 Å². The quantitative estimate of drug-likeness (QED) is 0.789. The maximum absolute atomic E-state index is 12.0. The number of nitrogens with zero attached hydrogens (tertiary/aromatic N) is 1. The summed E-state index contributed by atoms with van der Waals surface area (Å²) in [7, 11) is 0. The van der Waals surface area contributed by atoms with Crippen LogP contribution in [0.25, 0.3) is 0 Å². The molecule has 0 radical (unpaired) electrons. The van der Waals surface area contributed by atoms with Gasteiger partial charge in [0.15, 0.2) is 0 Å². The number of alkyl halides is 3. The molecule has 1 rings (SSSR count). The summed E-state index contributed by atoms with van der Waals surface area (Å²) >= 11 is 0.